The van der Waals surface area contributed by atoms with Gasteiger partial charge in [-0.3, -0.25) is 4.79 Å². The second kappa shape index (κ2) is 40.2. The molecule has 3 N–H and O–H groups in total. The fraction of sp³-hybridized carbons (Fsp3) is 0.978. The van der Waals surface area contributed by atoms with E-state index in [4.69, 9.17) is 0 Å². The molecule has 0 saturated carbocycles. The summed E-state index contributed by atoms with van der Waals surface area (Å²) in [4.78, 5) is 12.5. The zero-order valence-electron chi connectivity index (χ0n) is 33.9. The molecule has 0 aromatic carbocycles. The highest BCUT2D eigenvalue weighted by Crippen LogP contribution is 2.17. The van der Waals surface area contributed by atoms with Gasteiger partial charge in [-0.05, 0) is 19.3 Å². The lowest BCUT2D eigenvalue weighted by atomic mass is 9.97. The molecule has 49 heavy (non-hydrogen) atoms. The molecule has 0 rings (SSSR count). The summed E-state index contributed by atoms with van der Waals surface area (Å²) in [7, 11) is 0. The molecule has 0 fully saturated rings. The lowest BCUT2D eigenvalue weighted by Crippen LogP contribution is -2.48. The van der Waals surface area contributed by atoms with Crippen LogP contribution in [0.3, 0.4) is 0 Å². The smallest absolute Gasteiger partial charge is 0.220 e. The summed E-state index contributed by atoms with van der Waals surface area (Å²) in [6, 6.07) is -0.357. The molecule has 0 heterocycles. The van der Waals surface area contributed by atoms with E-state index in [1.54, 1.807) is 0 Å². The molecular formula is C45H91NO3. The Kier molecular flexibility index (Phi) is 39.7. The van der Waals surface area contributed by atoms with E-state index in [1.807, 2.05) is 6.92 Å². The third-order valence-corrected chi connectivity index (χ3v) is 11.0. The van der Waals surface area contributed by atoms with Crippen molar-refractivity contribution in [1.29, 1.82) is 0 Å². The zero-order chi connectivity index (χ0) is 35.9. The Morgan fingerprint density at radius 2 is 0.673 bits per heavy atom. The molecule has 3 atom stereocenters. The van der Waals surface area contributed by atoms with Crippen molar-refractivity contribution in [2.24, 2.45) is 0 Å². The summed E-state index contributed by atoms with van der Waals surface area (Å²) in [6.07, 6.45) is 47.2. The maximum atomic E-state index is 12.5. The van der Waals surface area contributed by atoms with Crippen LogP contribution in [0.1, 0.15) is 265 Å². The number of carbonyl (C=O) groups excluding carboxylic acids is 1. The van der Waals surface area contributed by atoms with Crippen molar-refractivity contribution in [3.63, 3.8) is 0 Å². The van der Waals surface area contributed by atoms with Crippen LogP contribution >= 0.6 is 0 Å². The van der Waals surface area contributed by atoms with Crippen LogP contribution in [-0.4, -0.2) is 34.4 Å². The Labute approximate surface area is 308 Å². The van der Waals surface area contributed by atoms with E-state index in [1.165, 1.54) is 199 Å². The van der Waals surface area contributed by atoms with E-state index in [-0.39, 0.29) is 11.9 Å². The Bertz CT molecular complexity index is 641. The summed E-state index contributed by atoms with van der Waals surface area (Å²) in [5.74, 6) is 0.0203. The van der Waals surface area contributed by atoms with Gasteiger partial charge in [0.25, 0.3) is 0 Å². The zero-order valence-corrected chi connectivity index (χ0v) is 33.9. The van der Waals surface area contributed by atoms with Gasteiger partial charge in [0.2, 0.25) is 5.91 Å². The second-order valence-electron chi connectivity index (χ2n) is 15.8. The van der Waals surface area contributed by atoms with E-state index in [0.29, 0.717) is 19.3 Å². The normalized spacial score (nSPS) is 13.5. The van der Waals surface area contributed by atoms with Gasteiger partial charge < -0.3 is 15.5 Å². The van der Waals surface area contributed by atoms with Crippen LogP contribution in [0.15, 0.2) is 0 Å². The van der Waals surface area contributed by atoms with Crippen LogP contribution in [-0.2, 0) is 4.79 Å². The van der Waals surface area contributed by atoms with Crippen molar-refractivity contribution in [3.8, 4) is 0 Å². The van der Waals surface area contributed by atoms with Gasteiger partial charge in [0.1, 0.15) is 0 Å². The molecule has 4 heteroatoms. The molecule has 0 radical (unpaired) electrons. The average Bonchev–Trinajstić information content (AvgIpc) is 3.10. The summed E-state index contributed by atoms with van der Waals surface area (Å²) >= 11 is 0. The number of amides is 1. The molecule has 0 saturated heterocycles. The first kappa shape index (κ1) is 48.4. The molecule has 4 nitrogen and oxygen atoms in total. The van der Waals surface area contributed by atoms with Crippen LogP contribution in [0.4, 0.5) is 0 Å². The minimum absolute atomic E-state index is 0.0203. The van der Waals surface area contributed by atoms with E-state index in [9.17, 15) is 15.0 Å². The van der Waals surface area contributed by atoms with Gasteiger partial charge >= 0.3 is 0 Å². The van der Waals surface area contributed by atoms with Gasteiger partial charge in [-0.2, -0.15) is 0 Å². The number of rotatable bonds is 41. The van der Waals surface area contributed by atoms with Crippen LogP contribution in [0.5, 0.6) is 0 Å². The molecule has 0 aromatic rings. The Morgan fingerprint density at radius 3 is 0.959 bits per heavy atom. The van der Waals surface area contributed by atoms with Gasteiger partial charge in [-0.15, -0.1) is 0 Å². The third kappa shape index (κ3) is 35.6. The molecule has 0 aromatic heterocycles. The maximum Gasteiger partial charge on any atom is 0.220 e. The Hall–Kier alpha value is -0.610. The van der Waals surface area contributed by atoms with Crippen LogP contribution in [0.2, 0.25) is 0 Å². The number of unbranched alkanes of at least 4 members (excludes halogenated alkanes) is 33. The lowest BCUT2D eigenvalue weighted by Gasteiger charge is -2.27. The van der Waals surface area contributed by atoms with Crippen molar-refractivity contribution in [2.75, 3.05) is 0 Å². The largest absolute Gasteiger partial charge is 0.390 e. The molecule has 0 spiro atoms. The van der Waals surface area contributed by atoms with Gasteiger partial charge in [0.05, 0.1) is 18.2 Å². The van der Waals surface area contributed by atoms with Crippen molar-refractivity contribution >= 4 is 5.91 Å². The average molecular weight is 694 g/mol. The topological polar surface area (TPSA) is 69.6 Å². The molecule has 294 valence electrons. The summed E-state index contributed by atoms with van der Waals surface area (Å²) in [5.41, 5.74) is 0. The molecule has 0 aliphatic carbocycles. The Balaban J connectivity index is 3.53. The number of hydrogen-bond acceptors (Lipinski definition) is 3. The number of aliphatic hydroxyl groups is 2. The summed E-state index contributed by atoms with van der Waals surface area (Å²) < 4.78 is 0. The van der Waals surface area contributed by atoms with Gasteiger partial charge in [-0.1, -0.05) is 239 Å². The van der Waals surface area contributed by atoms with Crippen molar-refractivity contribution < 1.29 is 15.0 Å². The maximum absolute atomic E-state index is 12.5. The minimum Gasteiger partial charge on any atom is -0.390 e. The summed E-state index contributed by atoms with van der Waals surface area (Å²) in [6.45, 7) is 6.54. The van der Waals surface area contributed by atoms with E-state index >= 15 is 0 Å². The highest BCUT2D eigenvalue weighted by molar-refractivity contribution is 5.76. The molecule has 1 amide bonds. The predicted molar refractivity (Wildman–Crippen MR) is 216 cm³/mol. The fourth-order valence-corrected chi connectivity index (χ4v) is 7.41. The highest BCUT2D eigenvalue weighted by Gasteiger charge is 2.26. The SMILES string of the molecule is CCCCCCCCCCCCCCCCCCCCCCCCCC(=O)N[C@@H](CC)[C@H](O)[C@H](O)CCCCCCCCCCCCCC. The van der Waals surface area contributed by atoms with E-state index in [2.05, 4.69) is 19.2 Å². The highest BCUT2D eigenvalue weighted by atomic mass is 16.3. The van der Waals surface area contributed by atoms with Gasteiger partial charge in [0, 0.05) is 6.42 Å². The number of aliphatic hydroxyl groups excluding tert-OH is 2. The third-order valence-electron chi connectivity index (χ3n) is 11.0. The first-order chi connectivity index (χ1) is 24.1. The van der Waals surface area contributed by atoms with Gasteiger partial charge in [0.15, 0.2) is 0 Å². The number of hydrogen-bond donors (Lipinski definition) is 3. The number of carbonyl (C=O) groups is 1. The monoisotopic (exact) mass is 694 g/mol. The quantitative estimate of drug-likeness (QED) is 0.0558. The Morgan fingerprint density at radius 1 is 0.408 bits per heavy atom. The van der Waals surface area contributed by atoms with Gasteiger partial charge in [-0.25, -0.2) is 0 Å². The minimum atomic E-state index is -0.879. The molecule has 0 unspecified atom stereocenters. The van der Waals surface area contributed by atoms with Crippen LogP contribution < -0.4 is 5.32 Å². The first-order valence-corrected chi connectivity index (χ1v) is 22.7. The summed E-state index contributed by atoms with van der Waals surface area (Å²) in [5, 5.41) is 24.3. The first-order valence-electron chi connectivity index (χ1n) is 22.7. The van der Waals surface area contributed by atoms with E-state index < -0.39 is 12.2 Å². The van der Waals surface area contributed by atoms with E-state index in [0.717, 1.165) is 25.7 Å². The molecule has 0 bridgehead atoms. The van der Waals surface area contributed by atoms with Crippen molar-refractivity contribution in [2.45, 2.75) is 283 Å². The number of nitrogens with one attached hydrogen (secondary N) is 1. The standard InChI is InChI=1S/C45H91NO3/c1-4-7-9-11-13-15-17-19-20-21-22-23-24-25-26-27-28-29-31-33-35-37-39-41-44(48)46-42(6-3)45(49)43(47)40-38-36-34-32-30-18-16-14-12-10-8-5-2/h42-43,45,47,49H,4-41H2,1-3H3,(H,46,48)/t42-,43+,45-/m0/s1. The fourth-order valence-electron chi connectivity index (χ4n) is 7.41. The van der Waals surface area contributed by atoms with Crippen LogP contribution in [0, 0.1) is 0 Å². The molecule has 0 aliphatic heterocycles. The van der Waals surface area contributed by atoms with Crippen molar-refractivity contribution in [1.82, 2.24) is 5.32 Å². The van der Waals surface area contributed by atoms with Crippen LogP contribution in [0.25, 0.3) is 0 Å². The van der Waals surface area contributed by atoms with Crippen molar-refractivity contribution in [3.05, 3.63) is 0 Å². The lowest BCUT2D eigenvalue weighted by molar-refractivity contribution is -0.123. The predicted octanol–water partition coefficient (Wildman–Crippen LogP) is 14.1. The molecular weight excluding hydrogens is 602 g/mol. The molecule has 0 aliphatic rings. The second-order valence-corrected chi connectivity index (χ2v) is 15.8.